The number of aryl methyl sites for hydroxylation is 1. The minimum atomic E-state index is -0.460. The summed E-state index contributed by atoms with van der Waals surface area (Å²) in [4.78, 5) is 0. The van der Waals surface area contributed by atoms with Crippen LogP contribution in [0.1, 0.15) is 24.1 Å². The van der Waals surface area contributed by atoms with E-state index in [0.29, 0.717) is 10.6 Å². The van der Waals surface area contributed by atoms with Gasteiger partial charge in [0.15, 0.2) is 0 Å². The predicted molar refractivity (Wildman–Crippen MR) is 84.0 cm³/mol. The van der Waals surface area contributed by atoms with Crippen molar-refractivity contribution in [2.24, 2.45) is 0 Å². The summed E-state index contributed by atoms with van der Waals surface area (Å²) in [7, 11) is 0. The van der Waals surface area contributed by atoms with Crippen molar-refractivity contribution < 1.29 is 9.50 Å². The number of aromatic hydroxyl groups is 1. The Morgan fingerprint density at radius 2 is 2.00 bits per heavy atom. The first-order chi connectivity index (χ1) is 9.38. The molecule has 0 radical (unpaired) electrons. The minimum absolute atomic E-state index is 0.0701. The van der Waals surface area contributed by atoms with Crippen LogP contribution in [0.3, 0.4) is 0 Å². The van der Waals surface area contributed by atoms with Gasteiger partial charge in [-0.2, -0.15) is 0 Å². The van der Waals surface area contributed by atoms with Gasteiger partial charge in [0.2, 0.25) is 0 Å². The minimum Gasteiger partial charge on any atom is -0.507 e. The molecular weight excluding hydrogens is 345 g/mol. The van der Waals surface area contributed by atoms with Gasteiger partial charge in [0.05, 0.1) is 11.7 Å². The van der Waals surface area contributed by atoms with Crippen molar-refractivity contribution in [1.29, 1.82) is 0 Å². The maximum atomic E-state index is 13.0. The normalized spacial score (nSPS) is 12.2. The third-order valence-electron chi connectivity index (χ3n) is 3.08. The van der Waals surface area contributed by atoms with Crippen LogP contribution < -0.4 is 5.32 Å². The molecule has 0 aliphatic heterocycles. The molecule has 20 heavy (non-hydrogen) atoms. The number of nitrogens with one attached hydrogen (secondary N) is 1. The molecule has 0 aliphatic carbocycles. The van der Waals surface area contributed by atoms with Gasteiger partial charge in [-0.3, -0.25) is 0 Å². The van der Waals surface area contributed by atoms with Gasteiger partial charge in [0.1, 0.15) is 11.6 Å². The average molecular weight is 359 g/mol. The number of phenolic OH excluding ortho intramolecular Hbond substituents is 1. The Morgan fingerprint density at radius 3 is 2.65 bits per heavy atom. The first-order valence-electron chi connectivity index (χ1n) is 6.09. The molecule has 0 aliphatic rings. The standard InChI is InChI=1S/C15H14BrClFNO/c1-8-5-12(16)14(7-13(8)17)19-9(2)11-4-3-10(18)6-15(11)20/h3-7,9,19-20H,1-2H3. The number of hydrogen-bond donors (Lipinski definition) is 2. The largest absolute Gasteiger partial charge is 0.507 e. The summed E-state index contributed by atoms with van der Waals surface area (Å²) in [6.07, 6.45) is 0. The zero-order valence-corrected chi connectivity index (χ0v) is 13.4. The molecule has 0 spiro atoms. The first kappa shape index (κ1) is 15.1. The summed E-state index contributed by atoms with van der Waals surface area (Å²) in [5, 5.41) is 13.7. The van der Waals surface area contributed by atoms with Gasteiger partial charge in [-0.25, -0.2) is 4.39 Å². The molecule has 0 amide bonds. The molecule has 1 unspecified atom stereocenters. The molecule has 0 heterocycles. The monoisotopic (exact) mass is 357 g/mol. The van der Waals surface area contributed by atoms with E-state index in [4.69, 9.17) is 11.6 Å². The van der Waals surface area contributed by atoms with E-state index in [0.717, 1.165) is 21.8 Å². The second-order valence-corrected chi connectivity index (χ2v) is 5.91. The number of hydrogen-bond acceptors (Lipinski definition) is 2. The van der Waals surface area contributed by atoms with E-state index in [-0.39, 0.29) is 11.8 Å². The lowest BCUT2D eigenvalue weighted by atomic mass is 10.1. The van der Waals surface area contributed by atoms with E-state index in [9.17, 15) is 9.50 Å². The quantitative estimate of drug-likeness (QED) is 0.767. The van der Waals surface area contributed by atoms with E-state index in [2.05, 4.69) is 21.2 Å². The van der Waals surface area contributed by atoms with Crippen LogP contribution >= 0.6 is 27.5 Å². The summed E-state index contributed by atoms with van der Waals surface area (Å²) in [6.45, 7) is 3.80. The highest BCUT2D eigenvalue weighted by atomic mass is 79.9. The van der Waals surface area contributed by atoms with Crippen LogP contribution in [0.15, 0.2) is 34.8 Å². The topological polar surface area (TPSA) is 32.3 Å². The number of anilines is 1. The molecule has 2 aromatic rings. The molecular formula is C15H14BrClFNO. The van der Waals surface area contributed by atoms with Gasteiger partial charge >= 0.3 is 0 Å². The fourth-order valence-corrected chi connectivity index (χ4v) is 2.69. The lowest BCUT2D eigenvalue weighted by Crippen LogP contribution is -2.07. The number of phenols is 1. The van der Waals surface area contributed by atoms with Crippen molar-refractivity contribution in [3.63, 3.8) is 0 Å². The van der Waals surface area contributed by atoms with Crippen LogP contribution in [-0.4, -0.2) is 5.11 Å². The van der Waals surface area contributed by atoms with E-state index >= 15 is 0 Å². The Hall–Kier alpha value is -1.26. The molecule has 0 aromatic heterocycles. The highest BCUT2D eigenvalue weighted by molar-refractivity contribution is 9.10. The Morgan fingerprint density at radius 1 is 1.30 bits per heavy atom. The molecule has 2 rings (SSSR count). The Balaban J connectivity index is 2.27. The van der Waals surface area contributed by atoms with Crippen molar-refractivity contribution in [3.05, 3.63) is 56.8 Å². The molecule has 2 nitrogen and oxygen atoms in total. The van der Waals surface area contributed by atoms with Crippen molar-refractivity contribution in [3.8, 4) is 5.75 Å². The maximum Gasteiger partial charge on any atom is 0.126 e. The molecule has 5 heteroatoms. The van der Waals surface area contributed by atoms with E-state index in [1.54, 1.807) is 6.07 Å². The maximum absolute atomic E-state index is 13.0. The predicted octanol–water partition coefficient (Wildman–Crippen LogP) is 5.43. The highest BCUT2D eigenvalue weighted by Gasteiger charge is 2.13. The molecule has 0 fully saturated rings. The van der Waals surface area contributed by atoms with Crippen LogP contribution in [0.2, 0.25) is 5.02 Å². The fourth-order valence-electron chi connectivity index (χ4n) is 1.95. The molecule has 2 N–H and O–H groups in total. The zero-order valence-electron chi connectivity index (χ0n) is 11.0. The van der Waals surface area contributed by atoms with Crippen molar-refractivity contribution in [1.82, 2.24) is 0 Å². The summed E-state index contributed by atoms with van der Waals surface area (Å²) in [5.74, 6) is -0.530. The van der Waals surface area contributed by atoms with Gasteiger partial charge in [-0.15, -0.1) is 0 Å². The number of rotatable bonds is 3. The lowest BCUT2D eigenvalue weighted by molar-refractivity contribution is 0.459. The fraction of sp³-hybridized carbons (Fsp3) is 0.200. The van der Waals surface area contributed by atoms with Crippen LogP contribution in [0.5, 0.6) is 5.75 Å². The molecule has 0 saturated heterocycles. The molecule has 0 bridgehead atoms. The van der Waals surface area contributed by atoms with Gasteiger partial charge in [-0.05, 0) is 53.5 Å². The SMILES string of the molecule is Cc1cc(Br)c(NC(C)c2ccc(F)cc2O)cc1Cl. The average Bonchev–Trinajstić information content (AvgIpc) is 2.35. The van der Waals surface area contributed by atoms with E-state index in [1.165, 1.54) is 6.07 Å². The van der Waals surface area contributed by atoms with Gasteiger partial charge in [0.25, 0.3) is 0 Å². The van der Waals surface area contributed by atoms with Crippen LogP contribution in [0.4, 0.5) is 10.1 Å². The van der Waals surface area contributed by atoms with Crippen molar-refractivity contribution in [2.75, 3.05) is 5.32 Å². The van der Waals surface area contributed by atoms with Crippen LogP contribution in [0.25, 0.3) is 0 Å². The molecule has 0 saturated carbocycles. The zero-order chi connectivity index (χ0) is 14.9. The second-order valence-electron chi connectivity index (χ2n) is 4.65. The number of benzene rings is 2. The Kier molecular flexibility index (Phi) is 4.55. The Bertz CT molecular complexity index is 648. The summed E-state index contributed by atoms with van der Waals surface area (Å²) in [6, 6.07) is 7.53. The molecule has 2 aromatic carbocycles. The van der Waals surface area contributed by atoms with Gasteiger partial charge < -0.3 is 10.4 Å². The third kappa shape index (κ3) is 3.25. The summed E-state index contributed by atoms with van der Waals surface area (Å²) < 4.78 is 13.9. The smallest absolute Gasteiger partial charge is 0.126 e. The summed E-state index contributed by atoms with van der Waals surface area (Å²) in [5.41, 5.74) is 2.41. The first-order valence-corrected chi connectivity index (χ1v) is 7.26. The van der Waals surface area contributed by atoms with Crippen molar-refractivity contribution >= 4 is 33.2 Å². The lowest BCUT2D eigenvalue weighted by Gasteiger charge is -2.18. The van der Waals surface area contributed by atoms with E-state index in [1.807, 2.05) is 26.0 Å². The highest BCUT2D eigenvalue weighted by Crippen LogP contribution is 2.33. The van der Waals surface area contributed by atoms with Crippen LogP contribution in [-0.2, 0) is 0 Å². The molecule has 106 valence electrons. The van der Waals surface area contributed by atoms with E-state index < -0.39 is 5.82 Å². The van der Waals surface area contributed by atoms with Crippen molar-refractivity contribution in [2.45, 2.75) is 19.9 Å². The third-order valence-corrected chi connectivity index (χ3v) is 4.14. The second kappa shape index (κ2) is 6.02. The molecule has 1 atom stereocenters. The van der Waals surface area contributed by atoms with Gasteiger partial charge in [-0.1, -0.05) is 17.7 Å². The Labute approximate surface area is 130 Å². The number of halogens is 3. The van der Waals surface area contributed by atoms with Crippen LogP contribution in [0, 0.1) is 12.7 Å². The summed E-state index contributed by atoms with van der Waals surface area (Å²) >= 11 is 9.58. The van der Waals surface area contributed by atoms with Gasteiger partial charge in [0, 0.05) is 21.1 Å².